The highest BCUT2D eigenvalue weighted by molar-refractivity contribution is 5.68. The van der Waals surface area contributed by atoms with Crippen LogP contribution in [0.2, 0.25) is 0 Å². The topological polar surface area (TPSA) is 64.4 Å². The van der Waals surface area contributed by atoms with Gasteiger partial charge in [0.2, 0.25) is 0 Å². The minimum absolute atomic E-state index is 0.00703. The van der Waals surface area contributed by atoms with Crippen LogP contribution in [-0.4, -0.2) is 18.1 Å². The van der Waals surface area contributed by atoms with Gasteiger partial charge < -0.3 is 10.1 Å². The van der Waals surface area contributed by atoms with Crippen molar-refractivity contribution in [1.82, 2.24) is 0 Å². The van der Waals surface area contributed by atoms with Gasteiger partial charge in [-0.25, -0.2) is 0 Å². The van der Waals surface area contributed by atoms with Crippen LogP contribution in [0.5, 0.6) is 5.75 Å². The van der Waals surface area contributed by atoms with Gasteiger partial charge in [0.25, 0.3) is 0 Å². The second-order valence-corrected chi connectivity index (χ2v) is 4.50. The summed E-state index contributed by atoms with van der Waals surface area (Å²) in [5, 5.41) is 14.4. The number of hydrogen-bond acceptors (Lipinski definition) is 4. The van der Waals surface area contributed by atoms with Gasteiger partial charge in [-0.2, -0.15) is 0 Å². The number of para-hydroxylation sites is 1. The first-order valence-electron chi connectivity index (χ1n) is 6.90. The number of nitro benzene ring substituents is 1. The van der Waals surface area contributed by atoms with Gasteiger partial charge in [-0.3, -0.25) is 10.1 Å². The van der Waals surface area contributed by atoms with E-state index in [9.17, 15) is 10.1 Å². The third-order valence-electron chi connectivity index (χ3n) is 3.05. The molecule has 110 valence electrons. The Morgan fingerprint density at radius 3 is 2.57 bits per heavy atom. The van der Waals surface area contributed by atoms with E-state index in [0.29, 0.717) is 24.6 Å². The molecular formula is C16H18N2O3. The largest absolute Gasteiger partial charge is 0.487 e. The summed E-state index contributed by atoms with van der Waals surface area (Å²) in [7, 11) is 0. The van der Waals surface area contributed by atoms with Crippen molar-refractivity contribution in [3.05, 3.63) is 64.2 Å². The highest BCUT2D eigenvalue weighted by Gasteiger charge is 2.20. The average Bonchev–Trinajstić information content (AvgIpc) is 2.48. The molecule has 0 aliphatic heterocycles. The molecule has 0 saturated carbocycles. The number of nitrogens with zero attached hydrogens (tertiary/aromatic N) is 1. The molecule has 2 rings (SSSR count). The lowest BCUT2D eigenvalue weighted by Gasteiger charge is -2.10. The highest BCUT2D eigenvalue weighted by Crippen LogP contribution is 2.34. The van der Waals surface area contributed by atoms with E-state index in [1.165, 1.54) is 5.56 Å². The van der Waals surface area contributed by atoms with E-state index in [0.717, 1.165) is 6.42 Å². The standard InChI is InChI=1S/C16H18N2O3/c1-2-21-15-10-6-9-14(16(15)18(19)20)17-12-11-13-7-4-3-5-8-13/h3-10,17H,2,11-12H2,1H3. The van der Waals surface area contributed by atoms with Crippen LogP contribution in [0.15, 0.2) is 48.5 Å². The van der Waals surface area contributed by atoms with E-state index >= 15 is 0 Å². The summed E-state index contributed by atoms with van der Waals surface area (Å²) in [5.74, 6) is 0.298. The average molecular weight is 286 g/mol. The van der Waals surface area contributed by atoms with Crippen LogP contribution >= 0.6 is 0 Å². The normalized spacial score (nSPS) is 10.1. The Morgan fingerprint density at radius 2 is 1.90 bits per heavy atom. The summed E-state index contributed by atoms with van der Waals surface area (Å²) < 4.78 is 5.32. The third kappa shape index (κ3) is 3.95. The van der Waals surface area contributed by atoms with E-state index < -0.39 is 4.92 Å². The lowest BCUT2D eigenvalue weighted by atomic mass is 10.1. The highest BCUT2D eigenvalue weighted by atomic mass is 16.6. The predicted octanol–water partition coefficient (Wildman–Crippen LogP) is 3.65. The van der Waals surface area contributed by atoms with Crippen molar-refractivity contribution < 1.29 is 9.66 Å². The fraction of sp³-hybridized carbons (Fsp3) is 0.250. The van der Waals surface area contributed by atoms with Gasteiger partial charge in [0.05, 0.1) is 11.5 Å². The lowest BCUT2D eigenvalue weighted by Crippen LogP contribution is -2.08. The molecule has 0 unspecified atom stereocenters. The number of nitrogens with one attached hydrogen (secondary N) is 1. The number of nitro groups is 1. The number of hydrogen-bond donors (Lipinski definition) is 1. The molecule has 0 bridgehead atoms. The summed E-state index contributed by atoms with van der Waals surface area (Å²) in [6.45, 7) is 2.83. The summed E-state index contributed by atoms with van der Waals surface area (Å²) >= 11 is 0. The van der Waals surface area contributed by atoms with Crippen LogP contribution in [0.25, 0.3) is 0 Å². The monoisotopic (exact) mass is 286 g/mol. The molecule has 2 aromatic carbocycles. The maximum absolute atomic E-state index is 11.2. The molecule has 0 aromatic heterocycles. The van der Waals surface area contributed by atoms with Crippen LogP contribution in [0.3, 0.4) is 0 Å². The van der Waals surface area contributed by atoms with Crippen LogP contribution in [0.1, 0.15) is 12.5 Å². The maximum Gasteiger partial charge on any atom is 0.333 e. The van der Waals surface area contributed by atoms with Gasteiger partial charge in [-0.1, -0.05) is 36.4 Å². The fourth-order valence-electron chi connectivity index (χ4n) is 2.11. The van der Waals surface area contributed by atoms with Crippen LogP contribution in [0.4, 0.5) is 11.4 Å². The van der Waals surface area contributed by atoms with Gasteiger partial charge >= 0.3 is 5.69 Å². The first-order valence-corrected chi connectivity index (χ1v) is 6.90. The van der Waals surface area contributed by atoms with Crippen molar-refractivity contribution in [3.8, 4) is 5.75 Å². The van der Waals surface area contributed by atoms with E-state index in [2.05, 4.69) is 5.32 Å². The van der Waals surface area contributed by atoms with E-state index in [1.807, 2.05) is 30.3 Å². The number of anilines is 1. The first kappa shape index (κ1) is 14.8. The van der Waals surface area contributed by atoms with Gasteiger partial charge in [-0.05, 0) is 31.0 Å². The van der Waals surface area contributed by atoms with Crippen molar-refractivity contribution in [1.29, 1.82) is 0 Å². The number of rotatable bonds is 7. The molecule has 0 amide bonds. The smallest absolute Gasteiger partial charge is 0.333 e. The number of ether oxygens (including phenoxy) is 1. The van der Waals surface area contributed by atoms with Crippen LogP contribution < -0.4 is 10.1 Å². The van der Waals surface area contributed by atoms with Crippen LogP contribution in [-0.2, 0) is 6.42 Å². The van der Waals surface area contributed by atoms with E-state index in [-0.39, 0.29) is 5.69 Å². The minimum atomic E-state index is -0.407. The Balaban J connectivity index is 2.08. The Labute approximate surface area is 123 Å². The second kappa shape index (κ2) is 7.28. The zero-order valence-electron chi connectivity index (χ0n) is 11.9. The van der Waals surface area contributed by atoms with Crippen molar-refractivity contribution in [2.24, 2.45) is 0 Å². The molecule has 1 N–H and O–H groups in total. The van der Waals surface area contributed by atoms with Crippen molar-refractivity contribution >= 4 is 11.4 Å². The molecule has 0 saturated heterocycles. The molecule has 0 heterocycles. The Morgan fingerprint density at radius 1 is 1.14 bits per heavy atom. The molecule has 0 aliphatic carbocycles. The summed E-state index contributed by atoms with van der Waals surface area (Å²) in [5.41, 5.74) is 1.67. The SMILES string of the molecule is CCOc1cccc(NCCc2ccccc2)c1[N+](=O)[O-]. The molecule has 0 aliphatic rings. The Bertz CT molecular complexity index is 600. The Kier molecular flexibility index (Phi) is 5.15. The van der Waals surface area contributed by atoms with E-state index in [4.69, 9.17) is 4.74 Å². The summed E-state index contributed by atoms with van der Waals surface area (Å²) in [6, 6.07) is 15.1. The van der Waals surface area contributed by atoms with Gasteiger partial charge in [0, 0.05) is 6.54 Å². The molecular weight excluding hydrogens is 268 g/mol. The first-order chi connectivity index (χ1) is 10.2. The molecule has 21 heavy (non-hydrogen) atoms. The second-order valence-electron chi connectivity index (χ2n) is 4.50. The van der Waals surface area contributed by atoms with Gasteiger partial charge in [0.1, 0.15) is 5.69 Å². The maximum atomic E-state index is 11.2. The zero-order chi connectivity index (χ0) is 15.1. The molecule has 0 atom stereocenters. The summed E-state index contributed by atoms with van der Waals surface area (Å²) in [6.07, 6.45) is 0.802. The molecule has 5 nitrogen and oxygen atoms in total. The quantitative estimate of drug-likeness (QED) is 0.623. The zero-order valence-corrected chi connectivity index (χ0v) is 11.9. The fourth-order valence-corrected chi connectivity index (χ4v) is 2.11. The summed E-state index contributed by atoms with van der Waals surface area (Å²) in [4.78, 5) is 10.8. The molecule has 0 fully saturated rings. The lowest BCUT2D eigenvalue weighted by molar-refractivity contribution is -0.384. The van der Waals surface area contributed by atoms with Crippen molar-refractivity contribution in [2.45, 2.75) is 13.3 Å². The minimum Gasteiger partial charge on any atom is -0.487 e. The molecule has 2 aromatic rings. The van der Waals surface area contributed by atoms with Crippen molar-refractivity contribution in [3.63, 3.8) is 0 Å². The van der Waals surface area contributed by atoms with Gasteiger partial charge in [0.15, 0.2) is 5.75 Å². The van der Waals surface area contributed by atoms with Crippen LogP contribution in [0, 0.1) is 10.1 Å². The molecule has 0 spiro atoms. The molecule has 5 heteroatoms. The number of benzene rings is 2. The predicted molar refractivity (Wildman–Crippen MR) is 82.9 cm³/mol. The third-order valence-corrected chi connectivity index (χ3v) is 3.05. The van der Waals surface area contributed by atoms with Crippen molar-refractivity contribution in [2.75, 3.05) is 18.5 Å². The van der Waals surface area contributed by atoms with E-state index in [1.54, 1.807) is 25.1 Å². The molecule has 0 radical (unpaired) electrons. The Hall–Kier alpha value is -2.56. The van der Waals surface area contributed by atoms with Gasteiger partial charge in [-0.15, -0.1) is 0 Å².